The van der Waals surface area contributed by atoms with Crippen molar-refractivity contribution in [3.63, 3.8) is 0 Å². The molecule has 0 saturated heterocycles. The molecule has 0 saturated carbocycles. The summed E-state index contributed by atoms with van der Waals surface area (Å²) < 4.78 is 16.7. The predicted octanol–water partition coefficient (Wildman–Crippen LogP) is 3.25. The van der Waals surface area contributed by atoms with Crippen molar-refractivity contribution in [2.75, 3.05) is 6.61 Å². The van der Waals surface area contributed by atoms with E-state index in [1.54, 1.807) is 13.0 Å². The highest BCUT2D eigenvalue weighted by Gasteiger charge is 2.38. The van der Waals surface area contributed by atoms with Crippen LogP contribution in [0.25, 0.3) is 0 Å². The van der Waals surface area contributed by atoms with E-state index in [2.05, 4.69) is 10.6 Å². The van der Waals surface area contributed by atoms with E-state index in [1.807, 2.05) is 44.2 Å². The quantitative estimate of drug-likeness (QED) is 0.535. The van der Waals surface area contributed by atoms with E-state index in [1.165, 1.54) is 6.92 Å². The Kier molecular flexibility index (Phi) is 10.2. The molecule has 1 aliphatic carbocycles. The van der Waals surface area contributed by atoms with Gasteiger partial charge in [-0.3, -0.25) is 4.79 Å². The van der Waals surface area contributed by atoms with Crippen LogP contribution in [-0.4, -0.2) is 48.9 Å². The van der Waals surface area contributed by atoms with Gasteiger partial charge in [-0.1, -0.05) is 44.2 Å². The summed E-state index contributed by atoms with van der Waals surface area (Å²) in [7, 11) is 0. The van der Waals surface area contributed by atoms with Gasteiger partial charge in [-0.15, -0.1) is 0 Å². The van der Waals surface area contributed by atoms with Crippen LogP contribution in [0, 0.1) is 0 Å². The standard InChI is InChI=1S/C24H34N2O6/c1-5-19(6-2)32-21-14-18(23(28)30-7-3)13-20(22(21)25-16(4)27)26-24(29)31-15-17-11-9-8-10-12-17/h8-12,14,19-22H,5-7,13,15H2,1-4H3,(H,25,27)(H,26,29)/t20-,21+,22+/m0/s1. The number of carbonyl (C=O) groups excluding carboxylic acids is 3. The second kappa shape index (κ2) is 12.9. The molecule has 2 N–H and O–H groups in total. The largest absolute Gasteiger partial charge is 0.463 e. The minimum atomic E-state index is -0.638. The molecule has 1 aliphatic rings. The van der Waals surface area contributed by atoms with E-state index in [-0.39, 0.29) is 31.6 Å². The van der Waals surface area contributed by atoms with Crippen molar-refractivity contribution in [2.24, 2.45) is 0 Å². The van der Waals surface area contributed by atoms with Crippen molar-refractivity contribution < 1.29 is 28.6 Å². The lowest BCUT2D eigenvalue weighted by molar-refractivity contribution is -0.139. The van der Waals surface area contributed by atoms with Gasteiger partial charge in [0.1, 0.15) is 6.61 Å². The zero-order valence-corrected chi connectivity index (χ0v) is 19.3. The molecule has 0 radical (unpaired) electrons. The molecule has 8 heteroatoms. The Balaban J connectivity index is 2.21. The molecule has 0 heterocycles. The van der Waals surface area contributed by atoms with Crippen molar-refractivity contribution in [2.45, 2.75) is 77.9 Å². The third-order valence-electron chi connectivity index (χ3n) is 5.28. The summed E-state index contributed by atoms with van der Waals surface area (Å²) in [4.78, 5) is 36.9. The summed E-state index contributed by atoms with van der Waals surface area (Å²) in [5.74, 6) is -0.720. The molecular weight excluding hydrogens is 412 g/mol. The molecule has 1 aromatic rings. The maximum absolute atomic E-state index is 12.5. The zero-order valence-electron chi connectivity index (χ0n) is 19.3. The van der Waals surface area contributed by atoms with Gasteiger partial charge in [-0.25, -0.2) is 9.59 Å². The summed E-state index contributed by atoms with van der Waals surface area (Å²) in [6, 6.07) is 8.15. The summed E-state index contributed by atoms with van der Waals surface area (Å²) in [6.07, 6.45) is 2.15. The number of hydrogen-bond acceptors (Lipinski definition) is 6. The van der Waals surface area contributed by atoms with Crippen LogP contribution in [-0.2, 0) is 30.4 Å². The van der Waals surface area contributed by atoms with Gasteiger partial charge in [-0.05, 0) is 31.4 Å². The number of ether oxygens (including phenoxy) is 3. The minimum absolute atomic E-state index is 0.0558. The first-order chi connectivity index (χ1) is 15.4. The fraction of sp³-hybridized carbons (Fsp3) is 0.542. The van der Waals surface area contributed by atoms with Gasteiger partial charge in [0, 0.05) is 18.9 Å². The van der Waals surface area contributed by atoms with Crippen LogP contribution < -0.4 is 10.6 Å². The number of benzene rings is 1. The molecule has 176 valence electrons. The smallest absolute Gasteiger partial charge is 0.407 e. The van der Waals surface area contributed by atoms with E-state index in [4.69, 9.17) is 14.2 Å². The van der Waals surface area contributed by atoms with Crippen molar-refractivity contribution in [3.8, 4) is 0 Å². The average molecular weight is 447 g/mol. The number of rotatable bonds is 10. The third-order valence-corrected chi connectivity index (χ3v) is 5.28. The maximum Gasteiger partial charge on any atom is 0.407 e. The SMILES string of the molecule is CCOC(=O)C1=C[C@@H](OC(CC)CC)[C@H](NC(C)=O)[C@@H](NC(=O)OCc2ccccc2)C1. The van der Waals surface area contributed by atoms with Crippen LogP contribution in [0.4, 0.5) is 4.79 Å². The average Bonchev–Trinajstić information content (AvgIpc) is 2.78. The molecule has 8 nitrogen and oxygen atoms in total. The minimum Gasteiger partial charge on any atom is -0.463 e. The molecule has 0 fully saturated rings. The molecule has 32 heavy (non-hydrogen) atoms. The molecule has 2 amide bonds. The van der Waals surface area contributed by atoms with Gasteiger partial charge in [0.15, 0.2) is 0 Å². The van der Waals surface area contributed by atoms with Gasteiger partial charge in [0.25, 0.3) is 0 Å². The van der Waals surface area contributed by atoms with Crippen LogP contribution in [0.5, 0.6) is 0 Å². The molecule has 0 aromatic heterocycles. The first-order valence-electron chi connectivity index (χ1n) is 11.1. The fourth-order valence-electron chi connectivity index (χ4n) is 3.64. The molecule has 1 aromatic carbocycles. The van der Waals surface area contributed by atoms with Crippen molar-refractivity contribution in [1.82, 2.24) is 10.6 Å². The van der Waals surface area contributed by atoms with Gasteiger partial charge in [0.05, 0.1) is 30.9 Å². The van der Waals surface area contributed by atoms with E-state index < -0.39 is 30.3 Å². The Morgan fingerprint density at radius 2 is 1.72 bits per heavy atom. The molecule has 0 aliphatic heterocycles. The summed E-state index contributed by atoms with van der Waals surface area (Å²) in [5.41, 5.74) is 1.25. The predicted molar refractivity (Wildman–Crippen MR) is 120 cm³/mol. The summed E-state index contributed by atoms with van der Waals surface area (Å²) in [5, 5.41) is 5.68. The summed E-state index contributed by atoms with van der Waals surface area (Å²) in [6.45, 7) is 7.51. The lowest BCUT2D eigenvalue weighted by atomic mass is 9.87. The Hall–Kier alpha value is -2.87. The third kappa shape index (κ3) is 7.67. The Morgan fingerprint density at radius 3 is 2.31 bits per heavy atom. The molecule has 3 atom stereocenters. The van der Waals surface area contributed by atoms with E-state index in [9.17, 15) is 14.4 Å². The van der Waals surface area contributed by atoms with E-state index >= 15 is 0 Å². The number of carbonyl (C=O) groups is 3. The maximum atomic E-state index is 12.5. The van der Waals surface area contributed by atoms with Gasteiger partial charge < -0.3 is 24.8 Å². The van der Waals surface area contributed by atoms with Gasteiger partial charge >= 0.3 is 12.1 Å². The lowest BCUT2D eigenvalue weighted by Gasteiger charge is -2.38. The van der Waals surface area contributed by atoms with E-state index in [0.717, 1.165) is 18.4 Å². The number of amides is 2. The molecule has 2 rings (SSSR count). The Labute approximate surface area is 189 Å². The van der Waals surface area contributed by atoms with Crippen LogP contribution >= 0.6 is 0 Å². The van der Waals surface area contributed by atoms with Crippen molar-refractivity contribution in [1.29, 1.82) is 0 Å². The fourth-order valence-corrected chi connectivity index (χ4v) is 3.64. The van der Waals surface area contributed by atoms with Gasteiger partial charge in [-0.2, -0.15) is 0 Å². The zero-order chi connectivity index (χ0) is 23.5. The monoisotopic (exact) mass is 446 g/mol. The second-order valence-electron chi connectivity index (χ2n) is 7.69. The van der Waals surface area contributed by atoms with Gasteiger partial charge in [0.2, 0.25) is 5.91 Å². The highest BCUT2D eigenvalue weighted by atomic mass is 16.5. The summed E-state index contributed by atoms with van der Waals surface area (Å²) >= 11 is 0. The van der Waals surface area contributed by atoms with Crippen molar-refractivity contribution >= 4 is 18.0 Å². The molecule has 0 spiro atoms. The first kappa shape index (κ1) is 25.4. The number of hydrogen-bond donors (Lipinski definition) is 2. The molecule has 0 bridgehead atoms. The molecule has 0 unspecified atom stereocenters. The number of alkyl carbamates (subject to hydrolysis) is 1. The highest BCUT2D eigenvalue weighted by molar-refractivity contribution is 5.89. The van der Waals surface area contributed by atoms with Crippen LogP contribution in [0.3, 0.4) is 0 Å². The topological polar surface area (TPSA) is 103 Å². The van der Waals surface area contributed by atoms with Crippen LogP contribution in [0.1, 0.15) is 52.5 Å². The molecular formula is C24H34N2O6. The first-order valence-corrected chi connectivity index (χ1v) is 11.1. The lowest BCUT2D eigenvalue weighted by Crippen LogP contribution is -2.59. The second-order valence-corrected chi connectivity index (χ2v) is 7.69. The van der Waals surface area contributed by atoms with Crippen molar-refractivity contribution in [3.05, 3.63) is 47.5 Å². The Bertz CT molecular complexity index is 791. The Morgan fingerprint density at radius 1 is 1.03 bits per heavy atom. The normalized spacial score (nSPS) is 20.3. The van der Waals surface area contributed by atoms with E-state index in [0.29, 0.717) is 5.57 Å². The number of esters is 1. The highest BCUT2D eigenvalue weighted by Crippen LogP contribution is 2.25. The van der Waals surface area contributed by atoms with Crippen LogP contribution in [0.15, 0.2) is 42.0 Å². The number of nitrogens with one attached hydrogen (secondary N) is 2. The van der Waals surface area contributed by atoms with Crippen LogP contribution in [0.2, 0.25) is 0 Å².